The Balaban J connectivity index is 1.99. The highest BCUT2D eigenvalue weighted by molar-refractivity contribution is 9.09. The van der Waals surface area contributed by atoms with Crippen molar-refractivity contribution in [2.45, 2.75) is 38.8 Å². The third kappa shape index (κ3) is 3.08. The first kappa shape index (κ1) is 12.1. The zero-order chi connectivity index (χ0) is 11.4. The molecule has 0 spiro atoms. The summed E-state index contributed by atoms with van der Waals surface area (Å²) < 4.78 is 0. The Morgan fingerprint density at radius 3 is 2.69 bits per heavy atom. The summed E-state index contributed by atoms with van der Waals surface area (Å²) in [4.78, 5) is 2.61. The number of hydrogen-bond donors (Lipinski definition) is 0. The lowest BCUT2D eigenvalue weighted by atomic mass is 10.0. The molecule has 0 N–H and O–H groups in total. The maximum Gasteiger partial charge on any atom is 0.0237 e. The van der Waals surface area contributed by atoms with Crippen molar-refractivity contribution in [3.63, 3.8) is 0 Å². The molecule has 1 heterocycles. The second kappa shape index (κ2) is 5.83. The van der Waals surface area contributed by atoms with Crippen LogP contribution in [0.2, 0.25) is 0 Å². The Morgan fingerprint density at radius 1 is 1.25 bits per heavy atom. The van der Waals surface area contributed by atoms with Crippen LogP contribution in [-0.4, -0.2) is 22.8 Å². The molecule has 1 saturated heterocycles. The summed E-state index contributed by atoms with van der Waals surface area (Å²) in [7, 11) is 0. The van der Waals surface area contributed by atoms with Crippen molar-refractivity contribution in [1.82, 2.24) is 4.90 Å². The lowest BCUT2D eigenvalue weighted by Crippen LogP contribution is -2.39. The zero-order valence-electron chi connectivity index (χ0n) is 9.95. The van der Waals surface area contributed by atoms with Crippen molar-refractivity contribution in [2.24, 2.45) is 0 Å². The molecule has 88 valence electrons. The highest BCUT2D eigenvalue weighted by atomic mass is 79.9. The molecule has 0 saturated carbocycles. The number of hydrogen-bond acceptors (Lipinski definition) is 1. The molecule has 1 aromatic carbocycles. The van der Waals surface area contributed by atoms with Gasteiger partial charge in [-0.3, -0.25) is 4.90 Å². The van der Waals surface area contributed by atoms with E-state index in [0.29, 0.717) is 0 Å². The molecule has 1 fully saturated rings. The predicted octanol–water partition coefficient (Wildman–Crippen LogP) is 3.74. The van der Waals surface area contributed by atoms with Crippen molar-refractivity contribution in [1.29, 1.82) is 0 Å². The summed E-state index contributed by atoms with van der Waals surface area (Å²) in [6, 6.07) is 9.67. The Kier molecular flexibility index (Phi) is 4.42. The van der Waals surface area contributed by atoms with Gasteiger partial charge < -0.3 is 0 Å². The summed E-state index contributed by atoms with van der Waals surface area (Å²) in [5.41, 5.74) is 2.79. The van der Waals surface area contributed by atoms with Crippen molar-refractivity contribution < 1.29 is 0 Å². The number of likely N-dealkylation sites (tertiary alicyclic amines) is 1. The van der Waals surface area contributed by atoms with E-state index in [2.05, 4.69) is 52.0 Å². The summed E-state index contributed by atoms with van der Waals surface area (Å²) in [5.74, 6) is 0. The predicted molar refractivity (Wildman–Crippen MR) is 73.0 cm³/mol. The lowest BCUT2D eigenvalue weighted by Gasteiger charge is -2.34. The molecular formula is C14H20BrN. The summed E-state index contributed by atoms with van der Waals surface area (Å²) in [5, 5.41) is 1.11. The molecule has 0 bridgehead atoms. The van der Waals surface area contributed by atoms with Gasteiger partial charge in [0.1, 0.15) is 0 Å². The second-order valence-corrected chi connectivity index (χ2v) is 5.41. The van der Waals surface area contributed by atoms with Crippen LogP contribution < -0.4 is 0 Å². The van der Waals surface area contributed by atoms with Crippen molar-refractivity contribution in [3.05, 3.63) is 35.4 Å². The van der Waals surface area contributed by atoms with Crippen molar-refractivity contribution >= 4 is 15.9 Å². The number of piperidine rings is 1. The van der Waals surface area contributed by atoms with Crippen LogP contribution in [0.5, 0.6) is 0 Å². The number of benzene rings is 1. The van der Waals surface area contributed by atoms with Crippen LogP contribution >= 0.6 is 15.9 Å². The van der Waals surface area contributed by atoms with Crippen LogP contribution in [0, 0.1) is 6.92 Å². The lowest BCUT2D eigenvalue weighted by molar-refractivity contribution is 0.156. The second-order valence-electron chi connectivity index (χ2n) is 4.76. The van der Waals surface area contributed by atoms with Gasteiger partial charge in [-0.2, -0.15) is 0 Å². The number of alkyl halides is 1. The molecule has 0 aromatic heterocycles. The fraction of sp³-hybridized carbons (Fsp3) is 0.571. The molecular weight excluding hydrogens is 262 g/mol. The molecule has 0 radical (unpaired) electrons. The van der Waals surface area contributed by atoms with E-state index >= 15 is 0 Å². The van der Waals surface area contributed by atoms with Crippen LogP contribution in [0.1, 0.15) is 30.4 Å². The molecule has 0 amide bonds. The SMILES string of the molecule is Cc1ccc(CN2CCCCC2CBr)cc1. The number of nitrogens with zero attached hydrogens (tertiary/aromatic N) is 1. The molecule has 2 heteroatoms. The van der Waals surface area contributed by atoms with E-state index in [1.165, 1.54) is 36.9 Å². The smallest absolute Gasteiger partial charge is 0.0237 e. The van der Waals surface area contributed by atoms with Gasteiger partial charge in [0.25, 0.3) is 0 Å². The van der Waals surface area contributed by atoms with E-state index in [0.717, 1.165) is 17.9 Å². The van der Waals surface area contributed by atoms with Crippen LogP contribution in [0.25, 0.3) is 0 Å². The first-order valence-corrected chi connectivity index (χ1v) is 7.27. The van der Waals surface area contributed by atoms with Gasteiger partial charge in [0, 0.05) is 17.9 Å². The number of rotatable bonds is 3. The molecule has 1 aromatic rings. The van der Waals surface area contributed by atoms with Crippen LogP contribution in [-0.2, 0) is 6.54 Å². The standard InChI is InChI=1S/C14H20BrN/c1-12-5-7-13(8-6-12)11-16-9-3-2-4-14(16)10-15/h5-8,14H,2-4,9-11H2,1H3. The van der Waals surface area contributed by atoms with Gasteiger partial charge in [-0.1, -0.05) is 52.2 Å². The molecule has 0 aliphatic carbocycles. The first-order chi connectivity index (χ1) is 7.79. The molecule has 1 aliphatic heterocycles. The minimum Gasteiger partial charge on any atom is -0.295 e. The average Bonchev–Trinajstić information content (AvgIpc) is 2.33. The Bertz CT molecular complexity index is 320. The first-order valence-electron chi connectivity index (χ1n) is 6.15. The quantitative estimate of drug-likeness (QED) is 0.763. The topological polar surface area (TPSA) is 3.24 Å². The van der Waals surface area contributed by atoms with E-state index in [1.807, 2.05) is 0 Å². The number of aryl methyl sites for hydroxylation is 1. The fourth-order valence-electron chi connectivity index (χ4n) is 2.37. The maximum absolute atomic E-state index is 3.63. The summed E-state index contributed by atoms with van der Waals surface area (Å²) in [6.45, 7) is 4.51. The minimum absolute atomic E-state index is 0.732. The molecule has 16 heavy (non-hydrogen) atoms. The third-order valence-corrected chi connectivity index (χ3v) is 4.18. The molecule has 1 unspecified atom stereocenters. The van der Waals surface area contributed by atoms with E-state index in [9.17, 15) is 0 Å². The highest BCUT2D eigenvalue weighted by Crippen LogP contribution is 2.21. The average molecular weight is 282 g/mol. The van der Waals surface area contributed by atoms with Gasteiger partial charge in [-0.05, 0) is 31.9 Å². The van der Waals surface area contributed by atoms with Gasteiger partial charge in [0.2, 0.25) is 0 Å². The fourth-order valence-corrected chi connectivity index (χ4v) is 3.10. The van der Waals surface area contributed by atoms with Crippen LogP contribution in [0.4, 0.5) is 0 Å². The van der Waals surface area contributed by atoms with E-state index in [1.54, 1.807) is 0 Å². The van der Waals surface area contributed by atoms with E-state index in [-0.39, 0.29) is 0 Å². The van der Waals surface area contributed by atoms with Crippen molar-refractivity contribution in [3.8, 4) is 0 Å². The Labute approximate surface area is 107 Å². The summed E-state index contributed by atoms with van der Waals surface area (Å²) in [6.07, 6.45) is 4.09. The summed E-state index contributed by atoms with van der Waals surface area (Å²) >= 11 is 3.63. The Morgan fingerprint density at radius 2 is 2.00 bits per heavy atom. The molecule has 2 rings (SSSR count). The van der Waals surface area contributed by atoms with Gasteiger partial charge >= 0.3 is 0 Å². The number of halogens is 1. The zero-order valence-corrected chi connectivity index (χ0v) is 11.5. The largest absolute Gasteiger partial charge is 0.295 e. The maximum atomic E-state index is 3.63. The Hall–Kier alpha value is -0.340. The third-order valence-electron chi connectivity index (χ3n) is 3.43. The molecule has 1 aliphatic rings. The van der Waals surface area contributed by atoms with Crippen molar-refractivity contribution in [2.75, 3.05) is 11.9 Å². The monoisotopic (exact) mass is 281 g/mol. The van der Waals surface area contributed by atoms with Gasteiger partial charge in [0.15, 0.2) is 0 Å². The molecule has 1 atom stereocenters. The minimum atomic E-state index is 0.732. The van der Waals surface area contributed by atoms with E-state index < -0.39 is 0 Å². The van der Waals surface area contributed by atoms with Gasteiger partial charge in [-0.15, -0.1) is 0 Å². The van der Waals surface area contributed by atoms with Gasteiger partial charge in [0.05, 0.1) is 0 Å². The highest BCUT2D eigenvalue weighted by Gasteiger charge is 2.20. The van der Waals surface area contributed by atoms with Crippen LogP contribution in [0.15, 0.2) is 24.3 Å². The molecule has 1 nitrogen and oxygen atoms in total. The normalized spacial score (nSPS) is 22.2. The van der Waals surface area contributed by atoms with Gasteiger partial charge in [-0.25, -0.2) is 0 Å². The van der Waals surface area contributed by atoms with E-state index in [4.69, 9.17) is 0 Å². The van der Waals surface area contributed by atoms with Crippen LogP contribution in [0.3, 0.4) is 0 Å².